The van der Waals surface area contributed by atoms with Crippen LogP contribution in [0, 0.1) is 11.8 Å². The minimum absolute atomic E-state index is 0.0115. The third-order valence-corrected chi connectivity index (χ3v) is 3.98. The molecule has 1 aromatic carbocycles. The van der Waals surface area contributed by atoms with Crippen molar-refractivity contribution in [3.63, 3.8) is 0 Å². The number of amides is 1. The molecule has 6 heteroatoms. The first kappa shape index (κ1) is 15.7. The number of nitrogens with one attached hydrogen (secondary N) is 1. The van der Waals surface area contributed by atoms with Gasteiger partial charge in [0.05, 0.1) is 5.56 Å². The fourth-order valence-electron chi connectivity index (χ4n) is 2.79. The molecule has 0 aliphatic heterocycles. The quantitative estimate of drug-likeness (QED) is 0.840. The summed E-state index contributed by atoms with van der Waals surface area (Å²) in [5.74, 6) is 0.583. The first-order chi connectivity index (χ1) is 9.77. The Morgan fingerprint density at radius 2 is 2.10 bits per heavy atom. The van der Waals surface area contributed by atoms with E-state index in [-0.39, 0.29) is 11.3 Å². The molecule has 2 unspecified atom stereocenters. The van der Waals surface area contributed by atoms with Crippen molar-refractivity contribution in [2.24, 2.45) is 11.8 Å². The number of nitrogen functional groups attached to an aromatic ring is 1. The Hall–Kier alpha value is -1.72. The maximum Gasteiger partial charge on any atom is 0.418 e. The lowest BCUT2D eigenvalue weighted by molar-refractivity contribution is -0.136. The predicted octanol–water partition coefficient (Wildman–Crippen LogP) is 3.45. The Labute approximate surface area is 121 Å². The number of alkyl halides is 3. The molecule has 0 radical (unpaired) electrons. The molecule has 1 aliphatic carbocycles. The lowest BCUT2D eigenvalue weighted by Crippen LogP contribution is -2.28. The molecule has 116 valence electrons. The summed E-state index contributed by atoms with van der Waals surface area (Å²) in [6.45, 7) is 2.67. The molecule has 3 nitrogen and oxygen atoms in total. The molecule has 3 N–H and O–H groups in total. The molecule has 0 bridgehead atoms. The molecule has 0 heterocycles. The highest BCUT2D eigenvalue weighted by Crippen LogP contribution is 2.34. The van der Waals surface area contributed by atoms with Crippen LogP contribution in [0.3, 0.4) is 0 Å². The van der Waals surface area contributed by atoms with Gasteiger partial charge >= 0.3 is 6.18 Å². The summed E-state index contributed by atoms with van der Waals surface area (Å²) >= 11 is 0. The number of nitrogens with two attached hydrogens (primary N) is 1. The van der Waals surface area contributed by atoms with Gasteiger partial charge in [0.15, 0.2) is 0 Å². The summed E-state index contributed by atoms with van der Waals surface area (Å²) in [6.07, 6.45) is -1.31. The smallest absolute Gasteiger partial charge is 0.398 e. The Morgan fingerprint density at radius 1 is 1.38 bits per heavy atom. The molecular weight excluding hydrogens is 281 g/mol. The second-order valence-corrected chi connectivity index (χ2v) is 5.79. The van der Waals surface area contributed by atoms with Crippen molar-refractivity contribution in [3.8, 4) is 0 Å². The molecule has 1 aromatic rings. The van der Waals surface area contributed by atoms with E-state index in [1.165, 1.54) is 6.07 Å². The molecular formula is C15H19F3N2O. The SMILES string of the molecule is CC1CCC(CNC(=O)c2ccc(N)c(C(F)(F)F)c2)C1. The average molecular weight is 300 g/mol. The highest BCUT2D eigenvalue weighted by atomic mass is 19.4. The van der Waals surface area contributed by atoms with Crippen molar-refractivity contribution in [3.05, 3.63) is 29.3 Å². The van der Waals surface area contributed by atoms with Gasteiger partial charge in [-0.25, -0.2) is 0 Å². The monoisotopic (exact) mass is 300 g/mol. The van der Waals surface area contributed by atoms with Gasteiger partial charge in [-0.3, -0.25) is 4.79 Å². The molecule has 1 saturated carbocycles. The molecule has 21 heavy (non-hydrogen) atoms. The van der Waals surface area contributed by atoms with E-state index in [9.17, 15) is 18.0 Å². The van der Waals surface area contributed by atoms with E-state index in [0.29, 0.717) is 18.4 Å². The van der Waals surface area contributed by atoms with Crippen LogP contribution in [0.1, 0.15) is 42.1 Å². The second kappa shape index (κ2) is 5.95. The van der Waals surface area contributed by atoms with Crippen LogP contribution in [0.2, 0.25) is 0 Å². The molecule has 1 fully saturated rings. The number of halogens is 3. The van der Waals surface area contributed by atoms with Gasteiger partial charge in [0, 0.05) is 17.8 Å². The van der Waals surface area contributed by atoms with Crippen molar-refractivity contribution in [1.82, 2.24) is 5.32 Å². The number of carbonyl (C=O) groups excluding carboxylic acids is 1. The fraction of sp³-hybridized carbons (Fsp3) is 0.533. The summed E-state index contributed by atoms with van der Waals surface area (Å²) in [5.41, 5.74) is 3.96. The topological polar surface area (TPSA) is 55.1 Å². The van der Waals surface area contributed by atoms with Crippen LogP contribution in [-0.4, -0.2) is 12.5 Å². The minimum atomic E-state index is -4.55. The van der Waals surface area contributed by atoms with E-state index in [4.69, 9.17) is 5.73 Å². The van der Waals surface area contributed by atoms with Gasteiger partial charge in [0.2, 0.25) is 0 Å². The number of carbonyl (C=O) groups is 1. The molecule has 2 atom stereocenters. The zero-order valence-electron chi connectivity index (χ0n) is 11.8. The highest BCUT2D eigenvalue weighted by Gasteiger charge is 2.33. The Morgan fingerprint density at radius 3 is 2.67 bits per heavy atom. The molecule has 2 rings (SSSR count). The van der Waals surface area contributed by atoms with E-state index >= 15 is 0 Å². The van der Waals surface area contributed by atoms with Crippen LogP contribution < -0.4 is 11.1 Å². The summed E-state index contributed by atoms with van der Waals surface area (Å²) in [4.78, 5) is 12.0. The molecule has 1 aliphatic rings. The number of benzene rings is 1. The minimum Gasteiger partial charge on any atom is -0.398 e. The Kier molecular flexibility index (Phi) is 4.44. The van der Waals surface area contributed by atoms with E-state index in [2.05, 4.69) is 12.2 Å². The molecule has 0 saturated heterocycles. The van der Waals surface area contributed by atoms with Gasteiger partial charge in [-0.1, -0.05) is 13.3 Å². The zero-order chi connectivity index (χ0) is 15.6. The Balaban J connectivity index is 2.02. The zero-order valence-corrected chi connectivity index (χ0v) is 11.8. The van der Waals surface area contributed by atoms with Gasteiger partial charge in [-0.2, -0.15) is 13.2 Å². The lowest BCUT2D eigenvalue weighted by Gasteiger charge is -2.13. The predicted molar refractivity (Wildman–Crippen MR) is 74.7 cm³/mol. The van der Waals surface area contributed by atoms with Gasteiger partial charge in [-0.05, 0) is 42.9 Å². The maximum atomic E-state index is 12.8. The number of hydrogen-bond donors (Lipinski definition) is 2. The first-order valence-corrected chi connectivity index (χ1v) is 7.02. The number of anilines is 1. The summed E-state index contributed by atoms with van der Waals surface area (Å²) < 4.78 is 38.3. The Bertz CT molecular complexity index is 528. The maximum absolute atomic E-state index is 12.8. The third kappa shape index (κ3) is 3.89. The van der Waals surface area contributed by atoms with Crippen LogP contribution in [0.5, 0.6) is 0 Å². The van der Waals surface area contributed by atoms with Crippen LogP contribution in [0.25, 0.3) is 0 Å². The van der Waals surface area contributed by atoms with Crippen LogP contribution >= 0.6 is 0 Å². The lowest BCUT2D eigenvalue weighted by atomic mass is 10.1. The normalized spacial score (nSPS) is 22.3. The van der Waals surface area contributed by atoms with Gasteiger partial charge in [0.25, 0.3) is 5.91 Å². The summed E-state index contributed by atoms with van der Waals surface area (Å²) in [5, 5.41) is 2.71. The molecule has 0 aromatic heterocycles. The molecule has 0 spiro atoms. The highest BCUT2D eigenvalue weighted by molar-refractivity contribution is 5.94. The largest absolute Gasteiger partial charge is 0.418 e. The number of hydrogen-bond acceptors (Lipinski definition) is 2. The second-order valence-electron chi connectivity index (χ2n) is 5.79. The van der Waals surface area contributed by atoms with Crippen molar-refractivity contribution in [2.45, 2.75) is 32.4 Å². The van der Waals surface area contributed by atoms with Crippen molar-refractivity contribution >= 4 is 11.6 Å². The van der Waals surface area contributed by atoms with Gasteiger partial charge in [-0.15, -0.1) is 0 Å². The van der Waals surface area contributed by atoms with E-state index in [1.54, 1.807) is 0 Å². The van der Waals surface area contributed by atoms with Crippen LogP contribution in [0.4, 0.5) is 18.9 Å². The van der Waals surface area contributed by atoms with E-state index in [0.717, 1.165) is 31.4 Å². The first-order valence-electron chi connectivity index (χ1n) is 7.02. The van der Waals surface area contributed by atoms with Crippen molar-refractivity contribution in [2.75, 3.05) is 12.3 Å². The van der Waals surface area contributed by atoms with Crippen molar-refractivity contribution < 1.29 is 18.0 Å². The van der Waals surface area contributed by atoms with Crippen molar-refractivity contribution in [1.29, 1.82) is 0 Å². The van der Waals surface area contributed by atoms with Gasteiger partial charge in [0.1, 0.15) is 0 Å². The fourth-order valence-corrected chi connectivity index (χ4v) is 2.79. The van der Waals surface area contributed by atoms with Crippen LogP contribution in [0.15, 0.2) is 18.2 Å². The number of rotatable bonds is 3. The van der Waals surface area contributed by atoms with E-state index < -0.39 is 17.6 Å². The standard InChI is InChI=1S/C15H19F3N2O/c1-9-2-3-10(6-9)8-20-14(21)11-4-5-13(19)12(7-11)15(16,17)18/h4-5,7,9-10H,2-3,6,8,19H2,1H3,(H,20,21). The van der Waals surface area contributed by atoms with E-state index in [1.807, 2.05) is 0 Å². The van der Waals surface area contributed by atoms with Gasteiger partial charge < -0.3 is 11.1 Å². The third-order valence-electron chi connectivity index (χ3n) is 3.98. The molecule has 1 amide bonds. The van der Waals surface area contributed by atoms with Crippen LogP contribution in [-0.2, 0) is 6.18 Å². The summed E-state index contributed by atoms with van der Waals surface area (Å²) in [7, 11) is 0. The average Bonchev–Trinajstić information content (AvgIpc) is 2.81. The summed E-state index contributed by atoms with van der Waals surface area (Å²) in [6, 6.07) is 3.24.